The zero-order chi connectivity index (χ0) is 15.4. The molecule has 1 amide bonds. The number of benzene rings is 2. The highest BCUT2D eigenvalue weighted by molar-refractivity contribution is 6.02. The highest BCUT2D eigenvalue weighted by Gasteiger charge is 2.20. The number of hydrazone groups is 1. The molecule has 0 atom stereocenters. The molecule has 0 aliphatic heterocycles. The van der Waals surface area contributed by atoms with E-state index in [-0.39, 0.29) is 17.6 Å². The van der Waals surface area contributed by atoms with Gasteiger partial charge in [-0.2, -0.15) is 5.10 Å². The first kappa shape index (κ1) is 14.6. The molecule has 1 fully saturated rings. The zero-order valence-corrected chi connectivity index (χ0v) is 12.5. The molecule has 4 heteroatoms. The van der Waals surface area contributed by atoms with Gasteiger partial charge in [-0.15, -0.1) is 0 Å². The Morgan fingerprint density at radius 1 is 1.14 bits per heavy atom. The Bertz CT molecular complexity index is 703. The number of phenols is 1. The van der Waals surface area contributed by atoms with Crippen molar-refractivity contribution in [1.82, 2.24) is 5.43 Å². The Labute approximate surface area is 129 Å². The number of phenolic OH excluding ortho intramolecular Hbond substituents is 1. The minimum Gasteiger partial charge on any atom is -0.507 e. The molecule has 0 heterocycles. The first-order chi connectivity index (χ1) is 10.8. The zero-order valence-electron chi connectivity index (χ0n) is 12.5. The number of hydrogen-bond donors (Lipinski definition) is 2. The Kier molecular flexibility index (Phi) is 4.37. The normalized spacial score (nSPS) is 16.2. The first-order valence-electron chi connectivity index (χ1n) is 7.79. The molecule has 3 rings (SSSR count). The third-order valence-corrected chi connectivity index (χ3v) is 4.29. The van der Waals surface area contributed by atoms with Crippen molar-refractivity contribution in [3.63, 3.8) is 0 Å². The number of nitrogens with one attached hydrogen (secondary N) is 1. The smallest absolute Gasteiger partial charge is 0.243 e. The van der Waals surface area contributed by atoms with E-state index in [2.05, 4.69) is 10.5 Å². The van der Waals surface area contributed by atoms with Gasteiger partial charge in [0.1, 0.15) is 5.75 Å². The summed E-state index contributed by atoms with van der Waals surface area (Å²) in [6.07, 6.45) is 6.87. The second-order valence-electron chi connectivity index (χ2n) is 5.79. The minimum absolute atomic E-state index is 0.0179. The van der Waals surface area contributed by atoms with Crippen LogP contribution in [0.4, 0.5) is 0 Å². The topological polar surface area (TPSA) is 61.7 Å². The van der Waals surface area contributed by atoms with Crippen molar-refractivity contribution in [2.45, 2.75) is 32.1 Å². The quantitative estimate of drug-likeness (QED) is 0.672. The van der Waals surface area contributed by atoms with Crippen molar-refractivity contribution in [3.05, 3.63) is 42.0 Å². The highest BCUT2D eigenvalue weighted by atomic mass is 16.3. The maximum absolute atomic E-state index is 12.0. The molecule has 0 radical (unpaired) electrons. The Morgan fingerprint density at radius 2 is 1.91 bits per heavy atom. The Balaban J connectivity index is 1.75. The highest BCUT2D eigenvalue weighted by Crippen LogP contribution is 2.26. The summed E-state index contributed by atoms with van der Waals surface area (Å²) in [6.45, 7) is 0. The number of carbonyl (C=O) groups is 1. The molecule has 4 nitrogen and oxygen atoms in total. The molecular weight excluding hydrogens is 276 g/mol. The largest absolute Gasteiger partial charge is 0.507 e. The van der Waals surface area contributed by atoms with Crippen LogP contribution in [0.2, 0.25) is 0 Å². The predicted molar refractivity (Wildman–Crippen MR) is 87.9 cm³/mol. The van der Waals surface area contributed by atoms with Crippen LogP contribution in [0.15, 0.2) is 41.5 Å². The van der Waals surface area contributed by atoms with Crippen molar-refractivity contribution >= 4 is 22.9 Å². The molecule has 0 bridgehead atoms. The standard InChI is InChI=1S/C18H20N2O2/c21-17-11-10-13-6-4-5-9-15(13)16(17)12-19-20-18(22)14-7-2-1-3-8-14/h4-6,9-12,14,21H,1-3,7-8H2,(H,20,22). The van der Waals surface area contributed by atoms with Gasteiger partial charge in [-0.1, -0.05) is 49.6 Å². The third kappa shape index (κ3) is 3.11. The molecule has 22 heavy (non-hydrogen) atoms. The van der Waals surface area contributed by atoms with Crippen molar-refractivity contribution in [2.75, 3.05) is 0 Å². The number of fused-ring (bicyclic) bond motifs is 1. The molecule has 0 unspecified atom stereocenters. The summed E-state index contributed by atoms with van der Waals surface area (Å²) in [5.41, 5.74) is 3.24. The van der Waals surface area contributed by atoms with Crippen LogP contribution in [0.1, 0.15) is 37.7 Å². The van der Waals surface area contributed by atoms with E-state index in [0.717, 1.165) is 36.5 Å². The molecule has 0 spiro atoms. The summed E-state index contributed by atoms with van der Waals surface area (Å²) < 4.78 is 0. The molecule has 0 aromatic heterocycles. The molecule has 2 aromatic carbocycles. The summed E-state index contributed by atoms with van der Waals surface area (Å²) in [5, 5.41) is 16.0. The molecule has 0 saturated heterocycles. The third-order valence-electron chi connectivity index (χ3n) is 4.29. The van der Waals surface area contributed by atoms with E-state index in [1.165, 1.54) is 12.6 Å². The van der Waals surface area contributed by atoms with E-state index in [9.17, 15) is 9.90 Å². The lowest BCUT2D eigenvalue weighted by atomic mass is 9.89. The fraction of sp³-hybridized carbons (Fsp3) is 0.333. The maximum Gasteiger partial charge on any atom is 0.243 e. The number of hydrogen-bond acceptors (Lipinski definition) is 3. The summed E-state index contributed by atoms with van der Waals surface area (Å²) in [4.78, 5) is 12.0. The van der Waals surface area contributed by atoms with Crippen LogP contribution in [0.25, 0.3) is 10.8 Å². The van der Waals surface area contributed by atoms with Crippen LogP contribution in [-0.2, 0) is 4.79 Å². The van der Waals surface area contributed by atoms with E-state index >= 15 is 0 Å². The van der Waals surface area contributed by atoms with Crippen LogP contribution in [0.3, 0.4) is 0 Å². The second-order valence-corrected chi connectivity index (χ2v) is 5.79. The van der Waals surface area contributed by atoms with Gasteiger partial charge >= 0.3 is 0 Å². The van der Waals surface area contributed by atoms with E-state index in [1.54, 1.807) is 6.07 Å². The van der Waals surface area contributed by atoms with Gasteiger partial charge in [0.15, 0.2) is 0 Å². The van der Waals surface area contributed by atoms with E-state index < -0.39 is 0 Å². The number of amides is 1. The van der Waals surface area contributed by atoms with Gasteiger partial charge in [0.05, 0.1) is 6.21 Å². The number of aromatic hydroxyl groups is 1. The van der Waals surface area contributed by atoms with Crippen molar-refractivity contribution in [1.29, 1.82) is 0 Å². The summed E-state index contributed by atoms with van der Waals surface area (Å²) in [7, 11) is 0. The van der Waals surface area contributed by atoms with E-state index in [0.29, 0.717) is 5.56 Å². The fourth-order valence-corrected chi connectivity index (χ4v) is 3.04. The minimum atomic E-state index is -0.0179. The lowest BCUT2D eigenvalue weighted by molar-refractivity contribution is -0.125. The van der Waals surface area contributed by atoms with Gasteiger partial charge in [0.25, 0.3) is 0 Å². The van der Waals surface area contributed by atoms with Crippen LogP contribution in [-0.4, -0.2) is 17.2 Å². The molecule has 114 valence electrons. The predicted octanol–water partition coefficient (Wildman–Crippen LogP) is 3.58. The van der Waals surface area contributed by atoms with Gasteiger partial charge in [0.2, 0.25) is 5.91 Å². The Hall–Kier alpha value is -2.36. The lowest BCUT2D eigenvalue weighted by Gasteiger charge is -2.19. The SMILES string of the molecule is O=C(NN=Cc1c(O)ccc2ccccc12)C1CCCCC1. The fourth-order valence-electron chi connectivity index (χ4n) is 3.04. The van der Waals surface area contributed by atoms with Gasteiger partial charge in [-0.3, -0.25) is 4.79 Å². The summed E-state index contributed by atoms with van der Waals surface area (Å²) in [6, 6.07) is 11.3. The van der Waals surface area contributed by atoms with Crippen LogP contribution < -0.4 is 5.43 Å². The number of carbonyl (C=O) groups excluding carboxylic acids is 1. The summed E-state index contributed by atoms with van der Waals surface area (Å²) >= 11 is 0. The van der Waals surface area contributed by atoms with E-state index in [4.69, 9.17) is 0 Å². The maximum atomic E-state index is 12.0. The molecule has 2 N–H and O–H groups in total. The lowest BCUT2D eigenvalue weighted by Crippen LogP contribution is -2.28. The van der Waals surface area contributed by atoms with Gasteiger partial charge < -0.3 is 5.11 Å². The van der Waals surface area contributed by atoms with Crippen molar-refractivity contribution < 1.29 is 9.90 Å². The molecule has 2 aromatic rings. The molecular formula is C18H20N2O2. The van der Waals surface area contributed by atoms with Crippen molar-refractivity contribution in [2.24, 2.45) is 11.0 Å². The van der Waals surface area contributed by atoms with Gasteiger partial charge in [0, 0.05) is 11.5 Å². The van der Waals surface area contributed by atoms with Gasteiger partial charge in [-0.05, 0) is 29.7 Å². The molecule has 1 saturated carbocycles. The molecule has 1 aliphatic carbocycles. The average Bonchev–Trinajstić information content (AvgIpc) is 2.57. The van der Waals surface area contributed by atoms with Crippen LogP contribution in [0, 0.1) is 5.92 Å². The van der Waals surface area contributed by atoms with Crippen LogP contribution >= 0.6 is 0 Å². The van der Waals surface area contributed by atoms with Gasteiger partial charge in [-0.25, -0.2) is 5.43 Å². The van der Waals surface area contributed by atoms with Crippen LogP contribution in [0.5, 0.6) is 5.75 Å². The number of nitrogens with zero attached hydrogens (tertiary/aromatic N) is 1. The monoisotopic (exact) mass is 296 g/mol. The Morgan fingerprint density at radius 3 is 2.73 bits per heavy atom. The first-order valence-corrected chi connectivity index (χ1v) is 7.79. The molecule has 1 aliphatic rings. The van der Waals surface area contributed by atoms with Crippen molar-refractivity contribution in [3.8, 4) is 5.75 Å². The number of rotatable bonds is 3. The van der Waals surface area contributed by atoms with E-state index in [1.807, 2.05) is 30.3 Å². The second kappa shape index (κ2) is 6.60. The summed E-state index contributed by atoms with van der Waals surface area (Å²) in [5.74, 6) is 0.219. The average molecular weight is 296 g/mol.